The van der Waals surface area contributed by atoms with Crippen LogP contribution in [0.2, 0.25) is 0 Å². The van der Waals surface area contributed by atoms with E-state index in [1.54, 1.807) is 24.3 Å². The molecule has 1 aromatic carbocycles. The van der Waals surface area contributed by atoms with E-state index in [0.717, 1.165) is 10.6 Å². The van der Waals surface area contributed by atoms with Crippen LogP contribution in [0.3, 0.4) is 0 Å². The van der Waals surface area contributed by atoms with E-state index in [2.05, 4.69) is 15.6 Å². The van der Waals surface area contributed by atoms with Crippen molar-refractivity contribution in [2.45, 2.75) is 36.8 Å². The quantitative estimate of drug-likeness (QED) is 0.593. The number of carboxylic acids is 1. The maximum atomic E-state index is 12.2. The predicted molar refractivity (Wildman–Crippen MR) is 103 cm³/mol. The van der Waals surface area contributed by atoms with Crippen LogP contribution in [-0.2, 0) is 14.4 Å². The monoisotopic (exact) mass is 393 g/mol. The molecule has 1 aromatic heterocycles. The second-order valence-corrected chi connectivity index (χ2v) is 7.78. The molecule has 26 heavy (non-hydrogen) atoms. The number of nitrogens with zero attached hydrogens (tertiary/aromatic N) is 1. The Balaban J connectivity index is 1.84. The van der Waals surface area contributed by atoms with Crippen molar-refractivity contribution in [1.29, 1.82) is 0 Å². The molecular weight excluding hydrogens is 374 g/mol. The minimum atomic E-state index is -1.01. The van der Waals surface area contributed by atoms with Gasteiger partial charge in [-0.3, -0.25) is 14.4 Å². The lowest BCUT2D eigenvalue weighted by Crippen LogP contribution is -2.22. The number of aliphatic carboxylic acids is 1. The van der Waals surface area contributed by atoms with Crippen LogP contribution in [0, 0.1) is 6.92 Å². The number of hydrogen-bond acceptors (Lipinski definition) is 6. The molecule has 0 bridgehead atoms. The van der Waals surface area contributed by atoms with E-state index < -0.39 is 5.97 Å². The molecule has 0 saturated carbocycles. The highest BCUT2D eigenvalue weighted by atomic mass is 32.2. The third kappa shape index (κ3) is 6.49. The molecular formula is C17H19N3O4S2. The Morgan fingerprint density at radius 2 is 1.88 bits per heavy atom. The zero-order chi connectivity index (χ0) is 19.1. The number of anilines is 2. The normalized spacial score (nSPS) is 11.6. The van der Waals surface area contributed by atoms with Crippen molar-refractivity contribution in [2.75, 3.05) is 10.6 Å². The zero-order valence-corrected chi connectivity index (χ0v) is 15.9. The second-order valence-electron chi connectivity index (χ2n) is 5.51. The van der Waals surface area contributed by atoms with Crippen LogP contribution in [0.15, 0.2) is 34.5 Å². The molecule has 2 aromatic rings. The van der Waals surface area contributed by atoms with Gasteiger partial charge < -0.3 is 15.7 Å². The fourth-order valence-electron chi connectivity index (χ4n) is 1.94. The Bertz CT molecular complexity index is 790. The van der Waals surface area contributed by atoms with E-state index in [9.17, 15) is 14.4 Å². The summed E-state index contributed by atoms with van der Waals surface area (Å²) in [5, 5.41) is 16.1. The predicted octanol–water partition coefficient (Wildman–Crippen LogP) is 3.37. The first-order chi connectivity index (χ1) is 12.3. The number of rotatable bonds is 8. The van der Waals surface area contributed by atoms with Crippen molar-refractivity contribution >= 4 is 51.7 Å². The van der Waals surface area contributed by atoms with E-state index in [4.69, 9.17) is 5.11 Å². The van der Waals surface area contributed by atoms with Gasteiger partial charge in [0.2, 0.25) is 11.8 Å². The van der Waals surface area contributed by atoms with Gasteiger partial charge in [-0.2, -0.15) is 0 Å². The zero-order valence-electron chi connectivity index (χ0n) is 14.3. The van der Waals surface area contributed by atoms with Gasteiger partial charge in [-0.1, -0.05) is 0 Å². The molecule has 0 aliphatic carbocycles. The molecule has 1 unspecified atom stereocenters. The number of carboxylic acid groups (broad SMARTS) is 1. The highest BCUT2D eigenvalue weighted by Gasteiger charge is 2.16. The van der Waals surface area contributed by atoms with Crippen molar-refractivity contribution < 1.29 is 19.5 Å². The van der Waals surface area contributed by atoms with Crippen LogP contribution < -0.4 is 10.6 Å². The Morgan fingerprint density at radius 1 is 1.19 bits per heavy atom. The van der Waals surface area contributed by atoms with Gasteiger partial charge in [-0.25, -0.2) is 4.98 Å². The Morgan fingerprint density at radius 3 is 2.46 bits per heavy atom. The van der Waals surface area contributed by atoms with Crippen LogP contribution >= 0.6 is 23.1 Å². The summed E-state index contributed by atoms with van der Waals surface area (Å²) in [4.78, 5) is 39.3. The Kier molecular flexibility index (Phi) is 7.16. The minimum absolute atomic E-state index is 0.0702. The highest BCUT2D eigenvalue weighted by molar-refractivity contribution is 8.00. The maximum Gasteiger partial charge on any atom is 0.303 e. The van der Waals surface area contributed by atoms with E-state index in [0.29, 0.717) is 10.8 Å². The molecule has 0 spiro atoms. The summed E-state index contributed by atoms with van der Waals surface area (Å²) < 4.78 is 0. The standard InChI is InChI=1S/C17H19N3O4S2/c1-10-9-25-17(18-10)20-16(24)11(2)26-13-5-3-12(4-6-13)19-14(21)7-8-15(22)23/h3-6,9,11H,7-8H2,1-2H3,(H,19,21)(H,22,23)(H,18,20,24). The lowest BCUT2D eigenvalue weighted by atomic mass is 10.2. The van der Waals surface area contributed by atoms with Crippen LogP contribution in [0.1, 0.15) is 25.5 Å². The number of thiazole rings is 1. The molecule has 0 aliphatic rings. The molecule has 1 atom stereocenters. The van der Waals surface area contributed by atoms with Gasteiger partial charge in [-0.15, -0.1) is 23.1 Å². The number of hydrogen-bond donors (Lipinski definition) is 3. The van der Waals surface area contributed by atoms with Crippen LogP contribution in [0.5, 0.6) is 0 Å². The summed E-state index contributed by atoms with van der Waals surface area (Å²) in [6, 6.07) is 7.04. The van der Waals surface area contributed by atoms with Gasteiger partial charge in [0.05, 0.1) is 17.4 Å². The molecule has 138 valence electrons. The number of benzene rings is 1. The number of aryl methyl sites for hydroxylation is 1. The van der Waals surface area contributed by atoms with E-state index >= 15 is 0 Å². The van der Waals surface area contributed by atoms with Crippen molar-refractivity contribution in [2.24, 2.45) is 0 Å². The number of nitrogens with one attached hydrogen (secondary N) is 2. The summed E-state index contributed by atoms with van der Waals surface area (Å²) >= 11 is 2.78. The summed E-state index contributed by atoms with van der Waals surface area (Å²) in [6.07, 6.45) is -0.274. The van der Waals surface area contributed by atoms with Crippen molar-refractivity contribution in [1.82, 2.24) is 4.98 Å². The number of carbonyl (C=O) groups excluding carboxylic acids is 2. The largest absolute Gasteiger partial charge is 0.481 e. The molecule has 1 heterocycles. The molecule has 0 aliphatic heterocycles. The van der Waals surface area contributed by atoms with Gasteiger partial charge in [0.15, 0.2) is 5.13 Å². The van der Waals surface area contributed by atoms with Gasteiger partial charge in [-0.05, 0) is 38.1 Å². The number of aromatic nitrogens is 1. The first kappa shape index (κ1) is 19.9. The highest BCUT2D eigenvalue weighted by Crippen LogP contribution is 2.26. The molecule has 7 nitrogen and oxygen atoms in total. The molecule has 0 fully saturated rings. The van der Waals surface area contributed by atoms with E-state index in [1.807, 2.05) is 19.2 Å². The molecule has 0 radical (unpaired) electrons. The number of carbonyl (C=O) groups is 3. The van der Waals surface area contributed by atoms with Crippen molar-refractivity contribution in [3.63, 3.8) is 0 Å². The smallest absolute Gasteiger partial charge is 0.303 e. The molecule has 2 amide bonds. The summed E-state index contributed by atoms with van der Waals surface area (Å²) in [6.45, 7) is 3.67. The summed E-state index contributed by atoms with van der Waals surface area (Å²) in [5.74, 6) is -1.48. The Labute approximate surface area is 159 Å². The fraction of sp³-hybridized carbons (Fsp3) is 0.294. The SMILES string of the molecule is Cc1csc(NC(=O)C(C)Sc2ccc(NC(=O)CCC(=O)O)cc2)n1. The number of thioether (sulfide) groups is 1. The van der Waals surface area contributed by atoms with Gasteiger partial charge in [0.1, 0.15) is 0 Å². The number of amides is 2. The molecule has 0 saturated heterocycles. The third-order valence-electron chi connectivity index (χ3n) is 3.24. The van der Waals surface area contributed by atoms with Gasteiger partial charge in [0, 0.05) is 22.4 Å². The first-order valence-electron chi connectivity index (χ1n) is 7.85. The summed E-state index contributed by atoms with van der Waals surface area (Å²) in [5.41, 5.74) is 1.45. The third-order valence-corrected chi connectivity index (χ3v) is 5.22. The average Bonchev–Trinajstić information content (AvgIpc) is 2.99. The van der Waals surface area contributed by atoms with Crippen molar-refractivity contribution in [3.05, 3.63) is 35.3 Å². The topological polar surface area (TPSA) is 108 Å². The average molecular weight is 393 g/mol. The maximum absolute atomic E-state index is 12.2. The van der Waals surface area contributed by atoms with Gasteiger partial charge >= 0.3 is 5.97 Å². The lowest BCUT2D eigenvalue weighted by Gasteiger charge is -2.11. The van der Waals surface area contributed by atoms with Crippen LogP contribution in [0.25, 0.3) is 0 Å². The first-order valence-corrected chi connectivity index (χ1v) is 9.61. The van der Waals surface area contributed by atoms with E-state index in [1.165, 1.54) is 23.1 Å². The van der Waals surface area contributed by atoms with Crippen molar-refractivity contribution in [3.8, 4) is 0 Å². The molecule has 9 heteroatoms. The Hall–Kier alpha value is -2.39. The molecule has 3 N–H and O–H groups in total. The second kappa shape index (κ2) is 9.35. The van der Waals surface area contributed by atoms with Gasteiger partial charge in [0.25, 0.3) is 0 Å². The summed E-state index contributed by atoms with van der Waals surface area (Å²) in [7, 11) is 0. The van der Waals surface area contributed by atoms with Crippen LogP contribution in [0.4, 0.5) is 10.8 Å². The minimum Gasteiger partial charge on any atom is -0.481 e. The fourth-order valence-corrected chi connectivity index (χ4v) is 3.50. The van der Waals surface area contributed by atoms with Crippen LogP contribution in [-0.4, -0.2) is 33.1 Å². The lowest BCUT2D eigenvalue weighted by molar-refractivity contribution is -0.138. The van der Waals surface area contributed by atoms with E-state index in [-0.39, 0.29) is 29.9 Å². The molecule has 2 rings (SSSR count).